The number of aliphatic carboxylic acids is 1. The van der Waals surface area contributed by atoms with Gasteiger partial charge >= 0.3 is 13.1 Å². The molecule has 11 heteroatoms. The Bertz CT molecular complexity index is 1480. The third-order valence-electron chi connectivity index (χ3n) is 9.12. The van der Waals surface area contributed by atoms with Crippen molar-refractivity contribution in [3.8, 4) is 5.75 Å². The molecule has 2 heterocycles. The molecule has 4 atom stereocenters. The molecule has 0 spiro atoms. The number of carbonyl (C=O) groups is 3. The van der Waals surface area contributed by atoms with Crippen LogP contribution in [0.3, 0.4) is 0 Å². The molecule has 2 saturated heterocycles. The van der Waals surface area contributed by atoms with E-state index < -0.39 is 31.0 Å². The van der Waals surface area contributed by atoms with Crippen molar-refractivity contribution in [1.29, 1.82) is 0 Å². The molecule has 3 N–H and O–H groups in total. The summed E-state index contributed by atoms with van der Waals surface area (Å²) in [5.74, 6) is -2.64. The van der Waals surface area contributed by atoms with Crippen LogP contribution >= 0.6 is 11.6 Å². The van der Waals surface area contributed by atoms with Gasteiger partial charge in [-0.1, -0.05) is 48.4 Å². The number of nitrogens with zero attached hydrogens (tertiary/aromatic N) is 1. The lowest BCUT2D eigenvalue weighted by Gasteiger charge is -2.43. The number of imide groups is 1. The second-order valence-corrected chi connectivity index (χ2v) is 12.5. The average Bonchev–Trinajstić information content (AvgIpc) is 3.24. The van der Waals surface area contributed by atoms with Crippen LogP contribution in [0.2, 0.25) is 11.3 Å². The van der Waals surface area contributed by atoms with Crippen LogP contribution in [0.25, 0.3) is 11.6 Å². The van der Waals surface area contributed by atoms with Gasteiger partial charge in [-0.05, 0) is 96.5 Å². The topological polar surface area (TPSA) is 134 Å². The number of methoxy groups -OCH3 is 1. The number of amides is 2. The second kappa shape index (κ2) is 14.8. The predicted octanol–water partition coefficient (Wildman–Crippen LogP) is 5.45. The maximum Gasteiger partial charge on any atom is 0.455 e. The number of carboxylic acid groups (broad SMARTS) is 1. The van der Waals surface area contributed by atoms with Crippen molar-refractivity contribution in [2.24, 2.45) is 17.8 Å². The summed E-state index contributed by atoms with van der Waals surface area (Å²) in [5.41, 5.74) is 4.64. The van der Waals surface area contributed by atoms with Gasteiger partial charge in [0.15, 0.2) is 0 Å². The number of halogens is 1. The fraction of sp³-hybridized carbons (Fsp3) is 0.441. The predicted molar refractivity (Wildman–Crippen MR) is 171 cm³/mol. The quantitative estimate of drug-likeness (QED) is 0.0870. The third-order valence-corrected chi connectivity index (χ3v) is 9.45. The fourth-order valence-corrected chi connectivity index (χ4v) is 7.37. The average molecular weight is 636 g/mol. The summed E-state index contributed by atoms with van der Waals surface area (Å²) >= 11 is 6.45. The van der Waals surface area contributed by atoms with Crippen LogP contribution in [-0.4, -0.2) is 71.4 Å². The zero-order valence-corrected chi connectivity index (χ0v) is 26.1. The van der Waals surface area contributed by atoms with Gasteiger partial charge in [0.25, 0.3) is 0 Å². The zero-order valence-electron chi connectivity index (χ0n) is 25.4. The van der Waals surface area contributed by atoms with Gasteiger partial charge < -0.3 is 24.6 Å². The summed E-state index contributed by atoms with van der Waals surface area (Å²) in [5, 5.41) is 30.1. The maximum atomic E-state index is 13.8. The number of carbonyl (C=O) groups excluding carboxylic acids is 2. The van der Waals surface area contributed by atoms with Gasteiger partial charge in [0, 0.05) is 20.1 Å². The Morgan fingerprint density at radius 1 is 1.09 bits per heavy atom. The normalized spacial score (nSPS) is 23.4. The van der Waals surface area contributed by atoms with Crippen molar-refractivity contribution >= 4 is 48.2 Å². The van der Waals surface area contributed by atoms with E-state index in [1.165, 1.54) is 11.0 Å². The summed E-state index contributed by atoms with van der Waals surface area (Å²) in [6.07, 6.45) is 4.91. The molecule has 1 aliphatic carbocycles. The lowest BCUT2D eigenvalue weighted by molar-refractivity contribution is -0.141. The van der Waals surface area contributed by atoms with Crippen molar-refractivity contribution in [3.63, 3.8) is 0 Å². The fourth-order valence-electron chi connectivity index (χ4n) is 7.14. The van der Waals surface area contributed by atoms with Crippen molar-refractivity contribution in [2.45, 2.75) is 57.4 Å². The first kappa shape index (κ1) is 32.9. The highest BCUT2D eigenvalue weighted by molar-refractivity contribution is 6.43. The molecule has 5 rings (SSSR count). The Labute approximate surface area is 268 Å². The highest BCUT2D eigenvalue weighted by atomic mass is 35.5. The molecule has 0 saturated carbocycles. The molecule has 45 heavy (non-hydrogen) atoms. The first-order valence-corrected chi connectivity index (χ1v) is 15.9. The molecular formula is C34H39BClNO8. The van der Waals surface area contributed by atoms with Crippen LogP contribution < -0.4 is 0 Å². The van der Waals surface area contributed by atoms with E-state index in [-0.39, 0.29) is 42.8 Å². The molecule has 2 aliphatic heterocycles. The van der Waals surface area contributed by atoms with E-state index >= 15 is 0 Å². The van der Waals surface area contributed by atoms with Gasteiger partial charge in [-0.15, -0.1) is 0 Å². The number of allylic oxidation sites excluding steroid dienone is 1. The van der Waals surface area contributed by atoms with Crippen LogP contribution in [0, 0.1) is 17.8 Å². The Hall–Kier alpha value is -3.44. The molecule has 238 valence electrons. The molecule has 2 amide bonds. The van der Waals surface area contributed by atoms with Gasteiger partial charge in [0.2, 0.25) is 11.8 Å². The number of hydrogen-bond donors (Lipinski definition) is 3. The van der Waals surface area contributed by atoms with Gasteiger partial charge in [-0.25, -0.2) is 0 Å². The molecular weight excluding hydrogens is 597 g/mol. The minimum atomic E-state index is -1.09. The Balaban J connectivity index is 1.39. The number of phenolic OH excluding ortho intramolecular Hbond substituents is 1. The molecule has 2 fully saturated rings. The minimum absolute atomic E-state index is 0.0608. The molecule has 9 nitrogen and oxygen atoms in total. The Morgan fingerprint density at radius 3 is 2.58 bits per heavy atom. The van der Waals surface area contributed by atoms with Gasteiger partial charge in [-0.2, -0.15) is 0 Å². The standard InChI is InChI=1S/C34H39BClNO8/c1-44-20-24-17-26-32(34(42)37(33(26)41)15-7-3-6-10-30(39)40)27-19-35(43)45-29(31(24)27)14-12-22(21-8-4-2-5-9-21)16-23-11-13-25(38)18-28(23)36/h2,4-5,8-9,11,13,16,18,26-27,29,32,38,43H,3,6-7,10,12,14-15,17,19-20H2,1H3,(H,39,40)/b22-16-/t26-,27+,29-,32-/m1/s1. The molecule has 0 aromatic heterocycles. The van der Waals surface area contributed by atoms with Crippen LogP contribution in [-0.2, 0) is 23.8 Å². The number of hydrogen-bond acceptors (Lipinski definition) is 7. The smallest absolute Gasteiger partial charge is 0.455 e. The number of unbranched alkanes of at least 4 members (excludes halogenated alkanes) is 2. The van der Waals surface area contributed by atoms with E-state index in [9.17, 15) is 24.5 Å². The number of fused-ring (bicyclic) bond motifs is 3. The van der Waals surface area contributed by atoms with E-state index in [1.807, 2.05) is 36.4 Å². The van der Waals surface area contributed by atoms with Crippen LogP contribution in [0.1, 0.15) is 56.1 Å². The van der Waals surface area contributed by atoms with Crippen LogP contribution in [0.15, 0.2) is 59.7 Å². The van der Waals surface area contributed by atoms with E-state index in [0.29, 0.717) is 50.2 Å². The number of phenols is 1. The van der Waals surface area contributed by atoms with Crippen LogP contribution in [0.5, 0.6) is 5.75 Å². The number of ether oxygens (including phenoxy) is 1. The number of benzene rings is 2. The van der Waals surface area contributed by atoms with Crippen molar-refractivity contribution in [1.82, 2.24) is 4.90 Å². The van der Waals surface area contributed by atoms with Crippen molar-refractivity contribution in [2.75, 3.05) is 20.3 Å². The highest BCUT2D eigenvalue weighted by Gasteiger charge is 2.57. The lowest BCUT2D eigenvalue weighted by Crippen LogP contribution is -2.46. The zero-order chi connectivity index (χ0) is 32.1. The van der Waals surface area contributed by atoms with Gasteiger partial charge in [-0.3, -0.25) is 19.3 Å². The summed E-state index contributed by atoms with van der Waals surface area (Å²) in [7, 11) is 0.514. The maximum absolute atomic E-state index is 13.8. The van der Waals surface area contributed by atoms with Gasteiger partial charge in [0.1, 0.15) is 5.75 Å². The minimum Gasteiger partial charge on any atom is -0.508 e. The van der Waals surface area contributed by atoms with E-state index in [1.54, 1.807) is 19.2 Å². The molecule has 2 aromatic rings. The molecule has 0 bridgehead atoms. The summed E-state index contributed by atoms with van der Waals surface area (Å²) in [6.45, 7) is 0.561. The van der Waals surface area contributed by atoms with E-state index in [0.717, 1.165) is 27.8 Å². The molecule has 0 unspecified atom stereocenters. The van der Waals surface area contributed by atoms with E-state index in [2.05, 4.69) is 0 Å². The first-order valence-electron chi connectivity index (χ1n) is 15.5. The second-order valence-electron chi connectivity index (χ2n) is 12.1. The SMILES string of the molecule is COCC1=C2[C@@H](CC/C(=C/c3ccc(O)cc3Cl)c3ccccc3)OB(O)C[C@@H]2[C@@H]2C(=O)N(CCCCCC(=O)O)C(=O)[C@@H]2C1. The number of carboxylic acids is 1. The lowest BCUT2D eigenvalue weighted by atomic mass is 9.58. The summed E-state index contributed by atoms with van der Waals surface area (Å²) < 4.78 is 11.7. The van der Waals surface area contributed by atoms with Crippen LogP contribution in [0.4, 0.5) is 0 Å². The van der Waals surface area contributed by atoms with Gasteiger partial charge in [0.05, 0.1) is 29.6 Å². The summed E-state index contributed by atoms with van der Waals surface area (Å²) in [6, 6.07) is 14.7. The van der Waals surface area contributed by atoms with Crippen molar-refractivity contribution in [3.05, 3.63) is 75.8 Å². The molecule has 2 aromatic carbocycles. The Kier molecular flexibility index (Phi) is 10.8. The van der Waals surface area contributed by atoms with Crippen molar-refractivity contribution < 1.29 is 39.0 Å². The largest absolute Gasteiger partial charge is 0.508 e. The van der Waals surface area contributed by atoms with E-state index in [4.69, 9.17) is 26.1 Å². The number of aromatic hydroxyl groups is 1. The molecule has 0 radical (unpaired) electrons. The monoisotopic (exact) mass is 635 g/mol. The highest BCUT2D eigenvalue weighted by Crippen LogP contribution is 2.51. The summed E-state index contributed by atoms with van der Waals surface area (Å²) in [4.78, 5) is 39.5. The third kappa shape index (κ3) is 7.52. The molecule has 3 aliphatic rings. The first-order chi connectivity index (χ1) is 21.7. The number of rotatable bonds is 13. The number of likely N-dealkylation sites (tertiary alicyclic amines) is 1. The Morgan fingerprint density at radius 2 is 1.87 bits per heavy atom.